The van der Waals surface area contributed by atoms with E-state index in [2.05, 4.69) is 15.0 Å². The summed E-state index contributed by atoms with van der Waals surface area (Å²) in [5, 5.41) is 0. The summed E-state index contributed by atoms with van der Waals surface area (Å²) in [6.45, 7) is 3.21. The van der Waals surface area contributed by atoms with Crippen molar-refractivity contribution in [3.63, 3.8) is 0 Å². The summed E-state index contributed by atoms with van der Waals surface area (Å²) < 4.78 is 50.9. The van der Waals surface area contributed by atoms with E-state index in [1.165, 1.54) is 18.5 Å². The molecule has 1 atom stereocenters. The zero-order valence-corrected chi connectivity index (χ0v) is 19.5. The fourth-order valence-electron chi connectivity index (χ4n) is 4.53. The van der Waals surface area contributed by atoms with Crippen molar-refractivity contribution < 1.29 is 17.9 Å². The van der Waals surface area contributed by atoms with E-state index in [-0.39, 0.29) is 5.82 Å². The Morgan fingerprint density at radius 1 is 1.06 bits per heavy atom. The first-order chi connectivity index (χ1) is 16.8. The Balaban J connectivity index is 1.59. The summed E-state index contributed by atoms with van der Waals surface area (Å²) >= 11 is 0. The highest BCUT2D eigenvalue weighted by molar-refractivity contribution is 5.73. The lowest BCUT2D eigenvalue weighted by atomic mass is 9.94. The zero-order chi connectivity index (χ0) is 24.7. The molecule has 6 nitrogen and oxygen atoms in total. The highest BCUT2D eigenvalue weighted by Crippen LogP contribution is 2.42. The maximum atomic E-state index is 15.0. The lowest BCUT2D eigenvalue weighted by Gasteiger charge is -2.39. The van der Waals surface area contributed by atoms with Gasteiger partial charge in [-0.3, -0.25) is 0 Å². The summed E-state index contributed by atoms with van der Waals surface area (Å²) in [4.78, 5) is 14.6. The van der Waals surface area contributed by atoms with Gasteiger partial charge in [0.25, 0.3) is 5.92 Å². The summed E-state index contributed by atoms with van der Waals surface area (Å²) in [6, 6.07) is 10.9. The zero-order valence-electron chi connectivity index (χ0n) is 19.5. The normalized spacial score (nSPS) is 15.5. The molecular weight excluding hydrogens is 455 g/mol. The number of aromatic nitrogens is 4. The first kappa shape index (κ1) is 22.9. The SMILES string of the molecule is COc1cc(-c2ncnc3c2CC(F)(F)CN3C(C)c2ccc(F)cc2)ccc1-n1cnc(C)c1. The summed E-state index contributed by atoms with van der Waals surface area (Å²) in [5.41, 5.74) is 3.80. The number of imidazole rings is 1. The molecule has 180 valence electrons. The smallest absolute Gasteiger partial charge is 0.269 e. The molecular formula is C26H24F3N5O. The molecule has 0 spiro atoms. The third kappa shape index (κ3) is 4.34. The number of aryl methyl sites for hydroxylation is 1. The Labute approximate surface area is 201 Å². The van der Waals surface area contributed by atoms with Gasteiger partial charge in [0.1, 0.15) is 23.7 Å². The van der Waals surface area contributed by atoms with Crippen LogP contribution in [0.25, 0.3) is 16.9 Å². The molecule has 0 fully saturated rings. The van der Waals surface area contributed by atoms with Crippen LogP contribution in [0.4, 0.5) is 19.0 Å². The molecule has 5 rings (SSSR count). The molecule has 3 heterocycles. The van der Waals surface area contributed by atoms with Crippen molar-refractivity contribution in [1.82, 2.24) is 19.5 Å². The number of nitrogens with zero attached hydrogens (tertiary/aromatic N) is 5. The minimum atomic E-state index is -2.99. The molecule has 0 saturated carbocycles. The van der Waals surface area contributed by atoms with Gasteiger partial charge in [-0.2, -0.15) is 0 Å². The molecule has 2 aromatic heterocycles. The number of ether oxygens (including phenoxy) is 1. The standard InChI is InChI=1S/C26H24F3N5O/c1-16-12-33(15-32-16)22-9-6-19(10-23(22)35-3)24-21-11-26(28,29)13-34(25(21)31-14-30-24)17(2)18-4-7-20(27)8-5-18/h4-10,12,14-15,17H,11,13H2,1-3H3. The van der Waals surface area contributed by atoms with Crippen molar-refractivity contribution in [2.75, 3.05) is 18.6 Å². The summed E-state index contributed by atoms with van der Waals surface area (Å²) in [5.74, 6) is -2.35. The highest BCUT2D eigenvalue weighted by atomic mass is 19.3. The second-order valence-electron chi connectivity index (χ2n) is 8.72. The largest absolute Gasteiger partial charge is 0.495 e. The number of anilines is 1. The molecule has 0 saturated heterocycles. The average Bonchev–Trinajstić information content (AvgIpc) is 3.28. The molecule has 2 aromatic carbocycles. The molecule has 9 heteroatoms. The molecule has 1 unspecified atom stereocenters. The van der Waals surface area contributed by atoms with E-state index >= 15 is 8.78 Å². The minimum Gasteiger partial charge on any atom is -0.495 e. The lowest BCUT2D eigenvalue weighted by molar-refractivity contribution is 0.00324. The lowest BCUT2D eigenvalue weighted by Crippen LogP contribution is -2.45. The number of hydrogen-bond donors (Lipinski definition) is 0. The Hall–Kier alpha value is -3.88. The minimum absolute atomic E-state index is 0.367. The Morgan fingerprint density at radius 2 is 1.83 bits per heavy atom. The van der Waals surface area contributed by atoms with Crippen molar-refractivity contribution >= 4 is 5.82 Å². The molecule has 1 aliphatic heterocycles. The van der Waals surface area contributed by atoms with E-state index in [4.69, 9.17) is 4.74 Å². The van der Waals surface area contributed by atoms with Crippen LogP contribution in [0, 0.1) is 12.7 Å². The maximum Gasteiger partial charge on any atom is 0.269 e. The molecule has 0 amide bonds. The average molecular weight is 480 g/mol. The molecule has 1 aliphatic rings. The summed E-state index contributed by atoms with van der Waals surface area (Å²) in [7, 11) is 1.56. The van der Waals surface area contributed by atoms with Gasteiger partial charge in [0.2, 0.25) is 0 Å². The van der Waals surface area contributed by atoms with Crippen LogP contribution >= 0.6 is 0 Å². The third-order valence-electron chi connectivity index (χ3n) is 6.29. The van der Waals surface area contributed by atoms with Crippen molar-refractivity contribution in [2.24, 2.45) is 0 Å². The van der Waals surface area contributed by atoms with Crippen LogP contribution < -0.4 is 9.64 Å². The van der Waals surface area contributed by atoms with Gasteiger partial charge in [0, 0.05) is 23.7 Å². The Morgan fingerprint density at radius 3 is 2.51 bits per heavy atom. The number of halogens is 3. The van der Waals surface area contributed by atoms with Crippen LogP contribution in [0.1, 0.15) is 29.8 Å². The van der Waals surface area contributed by atoms with Crippen LogP contribution in [-0.4, -0.2) is 39.1 Å². The molecule has 4 aromatic rings. The molecule has 0 N–H and O–H groups in total. The predicted molar refractivity (Wildman–Crippen MR) is 127 cm³/mol. The molecule has 0 aliphatic carbocycles. The van der Waals surface area contributed by atoms with Gasteiger partial charge in [-0.15, -0.1) is 0 Å². The fraction of sp³-hybridized carbons (Fsp3) is 0.269. The second-order valence-corrected chi connectivity index (χ2v) is 8.72. The van der Waals surface area contributed by atoms with Gasteiger partial charge < -0.3 is 14.2 Å². The highest BCUT2D eigenvalue weighted by Gasteiger charge is 2.42. The Kier molecular flexibility index (Phi) is 5.70. The van der Waals surface area contributed by atoms with Crippen LogP contribution in [-0.2, 0) is 6.42 Å². The van der Waals surface area contributed by atoms with E-state index < -0.39 is 24.9 Å². The van der Waals surface area contributed by atoms with Gasteiger partial charge in [-0.25, -0.2) is 28.1 Å². The van der Waals surface area contributed by atoms with Crippen molar-refractivity contribution in [3.05, 3.63) is 84.0 Å². The van der Waals surface area contributed by atoms with E-state index in [9.17, 15) is 4.39 Å². The van der Waals surface area contributed by atoms with Gasteiger partial charge in [-0.1, -0.05) is 18.2 Å². The van der Waals surface area contributed by atoms with Crippen LogP contribution in [0.2, 0.25) is 0 Å². The van der Waals surface area contributed by atoms with E-state index in [1.807, 2.05) is 36.7 Å². The first-order valence-electron chi connectivity index (χ1n) is 11.2. The number of fused-ring (bicyclic) bond motifs is 1. The van der Waals surface area contributed by atoms with Crippen molar-refractivity contribution in [2.45, 2.75) is 32.2 Å². The van der Waals surface area contributed by atoms with E-state index in [0.29, 0.717) is 28.4 Å². The maximum absolute atomic E-state index is 15.0. The van der Waals surface area contributed by atoms with Crippen molar-refractivity contribution in [1.29, 1.82) is 0 Å². The number of alkyl halides is 2. The third-order valence-corrected chi connectivity index (χ3v) is 6.29. The van der Waals surface area contributed by atoms with Crippen LogP contribution in [0.15, 0.2) is 61.3 Å². The van der Waals surface area contributed by atoms with Gasteiger partial charge in [-0.05, 0) is 43.7 Å². The monoisotopic (exact) mass is 479 g/mol. The van der Waals surface area contributed by atoms with E-state index in [1.54, 1.807) is 36.5 Å². The number of rotatable bonds is 5. The fourth-order valence-corrected chi connectivity index (χ4v) is 4.53. The van der Waals surface area contributed by atoms with Crippen molar-refractivity contribution in [3.8, 4) is 22.7 Å². The quantitative estimate of drug-likeness (QED) is 0.376. The van der Waals surface area contributed by atoms with Crippen LogP contribution in [0.5, 0.6) is 5.75 Å². The molecule has 0 bridgehead atoms. The van der Waals surface area contributed by atoms with Gasteiger partial charge in [0.15, 0.2) is 0 Å². The first-order valence-corrected chi connectivity index (χ1v) is 11.2. The number of methoxy groups -OCH3 is 1. The second kappa shape index (κ2) is 8.72. The topological polar surface area (TPSA) is 56.1 Å². The summed E-state index contributed by atoms with van der Waals surface area (Å²) in [6.07, 6.45) is 4.48. The van der Waals surface area contributed by atoms with E-state index in [0.717, 1.165) is 16.9 Å². The van der Waals surface area contributed by atoms with Crippen LogP contribution in [0.3, 0.4) is 0 Å². The molecule has 35 heavy (non-hydrogen) atoms. The molecule has 0 radical (unpaired) electrons. The van der Waals surface area contributed by atoms with Gasteiger partial charge >= 0.3 is 0 Å². The number of hydrogen-bond acceptors (Lipinski definition) is 5. The predicted octanol–water partition coefficient (Wildman–Crippen LogP) is 5.54. The Bertz CT molecular complexity index is 1370. The van der Waals surface area contributed by atoms with Gasteiger partial charge in [0.05, 0.1) is 43.1 Å². The number of benzene rings is 2.